The Hall–Kier alpha value is -0.520. The van der Waals surface area contributed by atoms with Gasteiger partial charge in [-0.1, -0.05) is 0 Å². The molecule has 0 aliphatic heterocycles. The molecule has 1 aromatic rings. The van der Waals surface area contributed by atoms with Gasteiger partial charge in [0.05, 0.1) is 16.6 Å². The number of carbonyl (C=O) groups is 1. The maximum absolute atomic E-state index is 13.0. The van der Waals surface area contributed by atoms with Crippen molar-refractivity contribution in [2.24, 2.45) is 5.73 Å². The van der Waals surface area contributed by atoms with Gasteiger partial charge in [0.1, 0.15) is 11.6 Å². The van der Waals surface area contributed by atoms with Gasteiger partial charge in [-0.25, -0.2) is 8.78 Å². The third-order valence-electron chi connectivity index (χ3n) is 1.51. The fraction of sp³-hybridized carbons (Fsp3) is 0.125. The summed E-state index contributed by atoms with van der Waals surface area (Å²) in [6.45, 7) is -0.348. The van der Waals surface area contributed by atoms with E-state index < -0.39 is 17.4 Å². The van der Waals surface area contributed by atoms with E-state index in [4.69, 9.17) is 5.73 Å². The molecule has 0 saturated heterocycles. The van der Waals surface area contributed by atoms with Crippen LogP contribution in [0.5, 0.6) is 0 Å². The minimum atomic E-state index is -0.774. The molecule has 2 N–H and O–H groups in total. The molecule has 0 radical (unpaired) electrons. The van der Waals surface area contributed by atoms with E-state index in [2.05, 4.69) is 15.9 Å². The standard InChI is InChI=1S/C8H6BrF2NO.ClH/c9-8-5(11)2-1-4(10)7(8)6(13)3-12;/h1-2H,3,12H2;1H. The third-order valence-corrected chi connectivity index (χ3v) is 2.28. The Morgan fingerprint density at radius 1 is 1.36 bits per heavy atom. The van der Waals surface area contributed by atoms with Crippen LogP contribution in [0.25, 0.3) is 0 Å². The highest BCUT2D eigenvalue weighted by Crippen LogP contribution is 2.23. The summed E-state index contributed by atoms with van der Waals surface area (Å²) >= 11 is 2.78. The summed E-state index contributed by atoms with van der Waals surface area (Å²) in [5, 5.41) is 0. The van der Waals surface area contributed by atoms with Crippen molar-refractivity contribution in [3.8, 4) is 0 Å². The minimum Gasteiger partial charge on any atom is -0.324 e. The number of hydrogen-bond acceptors (Lipinski definition) is 2. The summed E-state index contributed by atoms with van der Waals surface area (Å²) in [6, 6.07) is 1.83. The molecule has 0 saturated carbocycles. The van der Waals surface area contributed by atoms with Crippen molar-refractivity contribution in [3.05, 3.63) is 33.8 Å². The smallest absolute Gasteiger partial charge is 0.180 e. The van der Waals surface area contributed by atoms with Crippen LogP contribution in [0, 0.1) is 11.6 Å². The Morgan fingerprint density at radius 2 is 1.86 bits per heavy atom. The van der Waals surface area contributed by atoms with Crippen molar-refractivity contribution in [1.29, 1.82) is 0 Å². The van der Waals surface area contributed by atoms with Gasteiger partial charge in [0.2, 0.25) is 0 Å². The van der Waals surface area contributed by atoms with Crippen LogP contribution in [-0.4, -0.2) is 12.3 Å². The predicted octanol–water partition coefficient (Wildman–Crippen LogP) is 2.29. The van der Waals surface area contributed by atoms with E-state index in [0.29, 0.717) is 0 Å². The zero-order chi connectivity index (χ0) is 10.0. The second kappa shape index (κ2) is 5.38. The lowest BCUT2D eigenvalue weighted by Gasteiger charge is -2.03. The highest BCUT2D eigenvalue weighted by molar-refractivity contribution is 9.10. The Bertz CT molecular complexity index is 359. The van der Waals surface area contributed by atoms with Gasteiger partial charge in [0, 0.05) is 0 Å². The van der Waals surface area contributed by atoms with Gasteiger partial charge in [-0.05, 0) is 28.1 Å². The fourth-order valence-electron chi connectivity index (χ4n) is 0.885. The summed E-state index contributed by atoms with van der Waals surface area (Å²) in [5.74, 6) is -2.09. The first-order valence-electron chi connectivity index (χ1n) is 3.44. The molecular formula is C8H7BrClF2NO. The van der Waals surface area contributed by atoms with E-state index in [0.717, 1.165) is 12.1 Å². The average Bonchev–Trinajstić information content (AvgIpc) is 2.12. The van der Waals surface area contributed by atoms with Gasteiger partial charge in [0.25, 0.3) is 0 Å². The molecule has 1 rings (SSSR count). The topological polar surface area (TPSA) is 43.1 Å². The highest BCUT2D eigenvalue weighted by Gasteiger charge is 2.16. The maximum atomic E-state index is 13.0. The number of halogens is 4. The number of ketones is 1. The molecule has 0 aromatic heterocycles. The predicted molar refractivity (Wildman–Crippen MR) is 54.7 cm³/mol. The van der Waals surface area contributed by atoms with E-state index in [-0.39, 0.29) is 29.0 Å². The number of Topliss-reactive ketones (excluding diaryl/α,β-unsaturated/α-hetero) is 1. The molecule has 2 nitrogen and oxygen atoms in total. The molecule has 0 heterocycles. The fourth-order valence-corrected chi connectivity index (χ4v) is 1.43. The van der Waals surface area contributed by atoms with E-state index in [9.17, 15) is 13.6 Å². The van der Waals surface area contributed by atoms with Crippen molar-refractivity contribution in [2.75, 3.05) is 6.54 Å². The number of rotatable bonds is 2. The molecular weight excluding hydrogens is 279 g/mol. The Morgan fingerprint density at radius 3 is 2.36 bits per heavy atom. The Balaban J connectivity index is 0.00000169. The molecule has 0 unspecified atom stereocenters. The molecule has 78 valence electrons. The van der Waals surface area contributed by atoms with Crippen molar-refractivity contribution in [1.82, 2.24) is 0 Å². The van der Waals surface area contributed by atoms with Crippen LogP contribution in [0.2, 0.25) is 0 Å². The minimum absolute atomic E-state index is 0. The van der Waals surface area contributed by atoms with Crippen molar-refractivity contribution in [3.63, 3.8) is 0 Å². The van der Waals surface area contributed by atoms with Crippen molar-refractivity contribution < 1.29 is 13.6 Å². The van der Waals surface area contributed by atoms with E-state index in [1.165, 1.54) is 0 Å². The van der Waals surface area contributed by atoms with Crippen LogP contribution in [-0.2, 0) is 0 Å². The van der Waals surface area contributed by atoms with E-state index >= 15 is 0 Å². The van der Waals surface area contributed by atoms with Gasteiger partial charge >= 0.3 is 0 Å². The molecule has 0 bridgehead atoms. The first kappa shape index (κ1) is 13.5. The van der Waals surface area contributed by atoms with Crippen molar-refractivity contribution in [2.45, 2.75) is 0 Å². The van der Waals surface area contributed by atoms with Gasteiger partial charge < -0.3 is 5.73 Å². The van der Waals surface area contributed by atoms with Gasteiger partial charge in [-0.15, -0.1) is 12.4 Å². The molecule has 0 aliphatic rings. The molecule has 0 spiro atoms. The zero-order valence-electron chi connectivity index (χ0n) is 6.89. The average molecular weight is 287 g/mol. The lowest BCUT2D eigenvalue weighted by Crippen LogP contribution is -2.16. The maximum Gasteiger partial charge on any atom is 0.180 e. The highest BCUT2D eigenvalue weighted by atomic mass is 79.9. The number of benzene rings is 1. The molecule has 14 heavy (non-hydrogen) atoms. The second-order valence-corrected chi connectivity index (χ2v) is 3.14. The molecule has 0 fully saturated rings. The van der Waals surface area contributed by atoms with Crippen LogP contribution < -0.4 is 5.73 Å². The monoisotopic (exact) mass is 285 g/mol. The summed E-state index contributed by atoms with van der Waals surface area (Å²) in [5.41, 5.74) is 4.70. The van der Waals surface area contributed by atoms with Crippen LogP contribution in [0.4, 0.5) is 8.78 Å². The summed E-state index contributed by atoms with van der Waals surface area (Å²) < 4.78 is 25.7. The number of hydrogen-bond donors (Lipinski definition) is 1. The van der Waals surface area contributed by atoms with E-state index in [1.807, 2.05) is 0 Å². The molecule has 0 amide bonds. The lowest BCUT2D eigenvalue weighted by atomic mass is 10.1. The van der Waals surface area contributed by atoms with Crippen LogP contribution in [0.3, 0.4) is 0 Å². The summed E-state index contributed by atoms with van der Waals surface area (Å²) in [4.78, 5) is 11.0. The largest absolute Gasteiger partial charge is 0.324 e. The van der Waals surface area contributed by atoms with Gasteiger partial charge in [0.15, 0.2) is 5.78 Å². The molecule has 0 aliphatic carbocycles. The summed E-state index contributed by atoms with van der Waals surface area (Å²) in [7, 11) is 0. The number of nitrogens with two attached hydrogens (primary N) is 1. The molecule has 0 atom stereocenters. The second-order valence-electron chi connectivity index (χ2n) is 2.35. The Kier molecular flexibility index (Phi) is 5.18. The quantitative estimate of drug-likeness (QED) is 0.669. The van der Waals surface area contributed by atoms with Gasteiger partial charge in [-0.2, -0.15) is 0 Å². The SMILES string of the molecule is Cl.NCC(=O)c1c(F)ccc(F)c1Br. The van der Waals surface area contributed by atoms with Crippen LogP contribution in [0.1, 0.15) is 10.4 Å². The van der Waals surface area contributed by atoms with Crippen LogP contribution >= 0.6 is 28.3 Å². The molecule has 1 aromatic carbocycles. The Labute approximate surface area is 94.0 Å². The van der Waals surface area contributed by atoms with Crippen molar-refractivity contribution >= 4 is 34.1 Å². The zero-order valence-corrected chi connectivity index (χ0v) is 9.29. The number of carbonyl (C=O) groups excluding carboxylic acids is 1. The lowest BCUT2D eigenvalue weighted by molar-refractivity contribution is 0.0996. The first-order valence-corrected chi connectivity index (χ1v) is 4.24. The van der Waals surface area contributed by atoms with E-state index in [1.54, 1.807) is 0 Å². The normalized spacial score (nSPS) is 9.43. The third kappa shape index (κ3) is 2.50. The summed E-state index contributed by atoms with van der Waals surface area (Å²) in [6.07, 6.45) is 0. The first-order chi connectivity index (χ1) is 6.07. The van der Waals surface area contributed by atoms with Gasteiger partial charge in [-0.3, -0.25) is 4.79 Å². The molecule has 6 heteroatoms. The van der Waals surface area contributed by atoms with Crippen LogP contribution in [0.15, 0.2) is 16.6 Å².